The van der Waals surface area contributed by atoms with Crippen LogP contribution in [0.4, 0.5) is 8.78 Å². The molecule has 0 unspecified atom stereocenters. The Kier molecular flexibility index (Phi) is 3.54. The Hall–Kier alpha value is -1.72. The molecule has 0 amide bonds. The van der Waals surface area contributed by atoms with Crippen LogP contribution < -0.4 is 0 Å². The molecule has 0 aliphatic heterocycles. The molecule has 1 rings (SSSR count). The van der Waals surface area contributed by atoms with E-state index in [1.807, 2.05) is 0 Å². The molecule has 1 heterocycles. The average Bonchev–Trinajstić information content (AvgIpc) is 2.18. The predicted molar refractivity (Wildman–Crippen MR) is 46.8 cm³/mol. The molecule has 0 bridgehead atoms. The van der Waals surface area contributed by atoms with Gasteiger partial charge in [0.15, 0.2) is 0 Å². The van der Waals surface area contributed by atoms with Crippen molar-refractivity contribution in [2.45, 2.75) is 13.3 Å². The molecule has 0 aliphatic carbocycles. The van der Waals surface area contributed by atoms with Gasteiger partial charge in [-0.2, -0.15) is 0 Å². The van der Waals surface area contributed by atoms with Crippen LogP contribution >= 0.6 is 0 Å². The first kappa shape index (κ1) is 11.4. The Balaban J connectivity index is 3.02. The van der Waals surface area contributed by atoms with Crippen LogP contribution in [0.5, 0.6) is 5.75 Å². The summed E-state index contributed by atoms with van der Waals surface area (Å²) in [5.41, 5.74) is -0.877. The lowest BCUT2D eigenvalue weighted by atomic mass is 10.2. The zero-order chi connectivity index (χ0) is 11.4. The summed E-state index contributed by atoms with van der Waals surface area (Å²) in [6, 6.07) is 0.817. The van der Waals surface area contributed by atoms with Crippen molar-refractivity contribution < 1.29 is 23.4 Å². The number of aromatic hydroxyl groups is 1. The summed E-state index contributed by atoms with van der Waals surface area (Å²) in [6.07, 6.45) is -2.06. The molecule has 82 valence electrons. The number of hydrogen-bond acceptors (Lipinski definition) is 4. The lowest BCUT2D eigenvalue weighted by Gasteiger charge is -2.05. The molecule has 0 atom stereocenters. The summed E-state index contributed by atoms with van der Waals surface area (Å²) in [5.74, 6) is -1.43. The molecule has 0 saturated carbocycles. The molecule has 1 N–H and O–H groups in total. The van der Waals surface area contributed by atoms with Crippen molar-refractivity contribution in [3.8, 4) is 5.75 Å². The zero-order valence-electron chi connectivity index (χ0n) is 7.91. The van der Waals surface area contributed by atoms with E-state index in [0.717, 1.165) is 12.3 Å². The third-order valence-electron chi connectivity index (χ3n) is 1.63. The summed E-state index contributed by atoms with van der Waals surface area (Å²) in [4.78, 5) is 14.6. The lowest BCUT2D eigenvalue weighted by molar-refractivity contribution is 0.0519. The predicted octanol–water partition coefficient (Wildman–Crippen LogP) is 1.90. The third kappa shape index (κ3) is 2.61. The fourth-order valence-electron chi connectivity index (χ4n) is 0.955. The maximum absolute atomic E-state index is 12.3. The van der Waals surface area contributed by atoms with Crippen LogP contribution in [0.25, 0.3) is 0 Å². The van der Waals surface area contributed by atoms with Gasteiger partial charge < -0.3 is 9.84 Å². The highest BCUT2D eigenvalue weighted by Gasteiger charge is 2.17. The molecular weight excluding hydrogens is 208 g/mol. The van der Waals surface area contributed by atoms with E-state index in [1.165, 1.54) is 0 Å². The highest BCUT2D eigenvalue weighted by molar-refractivity contribution is 5.87. The van der Waals surface area contributed by atoms with E-state index in [-0.39, 0.29) is 12.3 Å². The van der Waals surface area contributed by atoms with Gasteiger partial charge in [0.25, 0.3) is 6.43 Å². The second-order valence-corrected chi connectivity index (χ2v) is 2.65. The van der Waals surface area contributed by atoms with Crippen LogP contribution in [0.15, 0.2) is 12.3 Å². The number of rotatable bonds is 3. The second kappa shape index (κ2) is 4.68. The Morgan fingerprint density at radius 2 is 2.33 bits per heavy atom. The number of halogens is 2. The highest BCUT2D eigenvalue weighted by atomic mass is 19.3. The van der Waals surface area contributed by atoms with Crippen molar-refractivity contribution >= 4 is 5.97 Å². The van der Waals surface area contributed by atoms with Crippen LogP contribution in [0, 0.1) is 0 Å². The van der Waals surface area contributed by atoms with Gasteiger partial charge in [0, 0.05) is 0 Å². The fraction of sp³-hybridized carbons (Fsp3) is 0.333. The number of carbonyl (C=O) groups is 1. The molecule has 1 aromatic rings. The Morgan fingerprint density at radius 3 is 2.87 bits per heavy atom. The SMILES string of the molecule is CCOC(=O)c1cc(C(F)F)c(O)cn1. The molecular formula is C9H9F2NO3. The lowest BCUT2D eigenvalue weighted by Crippen LogP contribution is -2.07. The molecule has 4 nitrogen and oxygen atoms in total. The fourth-order valence-corrected chi connectivity index (χ4v) is 0.955. The molecule has 15 heavy (non-hydrogen) atoms. The second-order valence-electron chi connectivity index (χ2n) is 2.65. The third-order valence-corrected chi connectivity index (χ3v) is 1.63. The summed E-state index contributed by atoms with van der Waals surface area (Å²) in [5, 5.41) is 9.02. The number of pyridine rings is 1. The number of aromatic nitrogens is 1. The Labute approximate surface area is 84.5 Å². The summed E-state index contributed by atoms with van der Waals surface area (Å²) >= 11 is 0. The normalized spacial score (nSPS) is 10.4. The summed E-state index contributed by atoms with van der Waals surface area (Å²) in [6.45, 7) is 1.72. The molecule has 0 saturated heterocycles. The topological polar surface area (TPSA) is 59.4 Å². The van der Waals surface area contributed by atoms with Crippen LogP contribution in [-0.4, -0.2) is 22.7 Å². The monoisotopic (exact) mass is 217 g/mol. The van der Waals surface area contributed by atoms with E-state index in [1.54, 1.807) is 6.92 Å². The molecule has 0 spiro atoms. The number of ether oxygens (including phenoxy) is 1. The van der Waals surface area contributed by atoms with Gasteiger partial charge in [0.05, 0.1) is 18.4 Å². The summed E-state index contributed by atoms with van der Waals surface area (Å²) in [7, 11) is 0. The van der Waals surface area contributed by atoms with Gasteiger partial charge >= 0.3 is 5.97 Å². The van der Waals surface area contributed by atoms with Crippen molar-refractivity contribution in [3.63, 3.8) is 0 Å². The van der Waals surface area contributed by atoms with Crippen molar-refractivity contribution in [1.82, 2.24) is 4.98 Å². The minimum absolute atomic E-state index is 0.130. The number of alkyl halides is 2. The van der Waals surface area contributed by atoms with Gasteiger partial charge in [-0.25, -0.2) is 18.6 Å². The number of hydrogen-bond donors (Lipinski definition) is 1. The van der Waals surface area contributed by atoms with Crippen molar-refractivity contribution in [1.29, 1.82) is 0 Å². The number of nitrogens with zero attached hydrogens (tertiary/aromatic N) is 1. The standard InChI is InChI=1S/C9H9F2NO3/c1-2-15-9(14)6-3-5(8(10)11)7(13)4-12-6/h3-4,8,13H,2H2,1H3. The largest absolute Gasteiger partial charge is 0.506 e. The highest BCUT2D eigenvalue weighted by Crippen LogP contribution is 2.27. The molecule has 0 radical (unpaired) electrons. The van der Waals surface area contributed by atoms with Gasteiger partial charge in [-0.3, -0.25) is 0 Å². The Morgan fingerprint density at radius 1 is 1.67 bits per heavy atom. The van der Waals surface area contributed by atoms with Gasteiger partial charge in [0.2, 0.25) is 0 Å². The maximum atomic E-state index is 12.3. The summed E-state index contributed by atoms with van der Waals surface area (Å²) < 4.78 is 29.2. The Bertz CT molecular complexity index is 368. The number of carbonyl (C=O) groups excluding carboxylic acids is 1. The minimum Gasteiger partial charge on any atom is -0.506 e. The van der Waals surface area contributed by atoms with Crippen LogP contribution in [-0.2, 0) is 4.74 Å². The van der Waals surface area contributed by atoms with Crippen LogP contribution in [0.2, 0.25) is 0 Å². The average molecular weight is 217 g/mol. The molecule has 0 fully saturated rings. The molecule has 6 heteroatoms. The maximum Gasteiger partial charge on any atom is 0.356 e. The van der Waals surface area contributed by atoms with Gasteiger partial charge in [-0.1, -0.05) is 0 Å². The van der Waals surface area contributed by atoms with E-state index in [9.17, 15) is 13.6 Å². The zero-order valence-corrected chi connectivity index (χ0v) is 7.91. The van der Waals surface area contributed by atoms with Gasteiger partial charge in [-0.15, -0.1) is 0 Å². The van der Waals surface area contributed by atoms with E-state index in [2.05, 4.69) is 9.72 Å². The first-order chi connectivity index (χ1) is 7.06. The van der Waals surface area contributed by atoms with Crippen LogP contribution in [0.1, 0.15) is 29.4 Å². The van der Waals surface area contributed by atoms with E-state index in [4.69, 9.17) is 5.11 Å². The first-order valence-electron chi connectivity index (χ1n) is 4.20. The quantitative estimate of drug-likeness (QED) is 0.785. The van der Waals surface area contributed by atoms with E-state index >= 15 is 0 Å². The van der Waals surface area contributed by atoms with Gasteiger partial charge in [-0.05, 0) is 13.0 Å². The van der Waals surface area contributed by atoms with E-state index in [0.29, 0.717) is 0 Å². The number of esters is 1. The van der Waals surface area contributed by atoms with Crippen molar-refractivity contribution in [3.05, 3.63) is 23.5 Å². The smallest absolute Gasteiger partial charge is 0.356 e. The first-order valence-corrected chi connectivity index (χ1v) is 4.20. The van der Waals surface area contributed by atoms with Crippen molar-refractivity contribution in [2.24, 2.45) is 0 Å². The molecule has 0 aromatic carbocycles. The van der Waals surface area contributed by atoms with Crippen molar-refractivity contribution in [2.75, 3.05) is 6.61 Å². The minimum atomic E-state index is -2.86. The van der Waals surface area contributed by atoms with Gasteiger partial charge in [0.1, 0.15) is 11.4 Å². The van der Waals surface area contributed by atoms with Crippen LogP contribution in [0.3, 0.4) is 0 Å². The molecule has 1 aromatic heterocycles. The van der Waals surface area contributed by atoms with E-state index < -0.39 is 23.7 Å². The molecule has 0 aliphatic rings.